The second kappa shape index (κ2) is 12.6. The van der Waals surface area contributed by atoms with Crippen molar-refractivity contribution in [3.05, 3.63) is 54.2 Å². The van der Waals surface area contributed by atoms with Crippen LogP contribution in [0.2, 0.25) is 0 Å². The quantitative estimate of drug-likeness (QED) is 0.564. The number of carboxylic acids is 2. The van der Waals surface area contributed by atoms with Crippen molar-refractivity contribution in [3.8, 4) is 0 Å². The maximum absolute atomic E-state index is 12.4. The summed E-state index contributed by atoms with van der Waals surface area (Å²) in [6.45, 7) is 2.55. The molecule has 37 heavy (non-hydrogen) atoms. The third-order valence-corrected chi connectivity index (χ3v) is 5.53. The molecular formula is C22H23F6N3O6. The van der Waals surface area contributed by atoms with E-state index in [1.54, 1.807) is 18.7 Å². The van der Waals surface area contributed by atoms with Gasteiger partial charge in [0.1, 0.15) is 5.76 Å². The van der Waals surface area contributed by atoms with Crippen molar-refractivity contribution >= 4 is 17.8 Å². The molecule has 0 spiro atoms. The number of aliphatic carboxylic acids is 2. The van der Waals surface area contributed by atoms with Crippen LogP contribution in [0, 0.1) is 0 Å². The van der Waals surface area contributed by atoms with Crippen molar-refractivity contribution in [2.45, 2.75) is 56.8 Å². The molecule has 0 aromatic carbocycles. The molecule has 2 fully saturated rings. The number of aromatic nitrogens is 1. The zero-order valence-electron chi connectivity index (χ0n) is 19.1. The SMILES string of the molecule is O=C(O)C(F)(F)F.O=C(O)C(F)(F)F.O=C1CC[C@@H]2[C@@H](CCN2Cc2ccco2)N1Cc1ccncc1. The number of alkyl halides is 6. The summed E-state index contributed by atoms with van der Waals surface area (Å²) >= 11 is 0. The number of carboxylic acid groups (broad SMARTS) is 2. The van der Waals surface area contributed by atoms with E-state index in [4.69, 9.17) is 24.2 Å². The fraction of sp³-hybridized carbons (Fsp3) is 0.455. The van der Waals surface area contributed by atoms with Gasteiger partial charge >= 0.3 is 24.3 Å². The molecule has 4 rings (SSSR count). The monoisotopic (exact) mass is 539 g/mol. The molecular weight excluding hydrogens is 516 g/mol. The van der Waals surface area contributed by atoms with E-state index < -0.39 is 24.3 Å². The molecule has 1 amide bonds. The summed E-state index contributed by atoms with van der Waals surface area (Å²) < 4.78 is 69.0. The summed E-state index contributed by atoms with van der Waals surface area (Å²) in [6, 6.07) is 8.71. The molecule has 0 saturated carbocycles. The molecule has 9 nitrogen and oxygen atoms in total. The van der Waals surface area contributed by atoms with Gasteiger partial charge in [-0.2, -0.15) is 26.3 Å². The van der Waals surface area contributed by atoms with Gasteiger partial charge in [0.15, 0.2) is 0 Å². The average molecular weight is 539 g/mol. The number of fused-ring (bicyclic) bond motifs is 1. The molecule has 2 aliphatic heterocycles. The number of hydrogen-bond donors (Lipinski definition) is 2. The average Bonchev–Trinajstić information content (AvgIpc) is 3.46. The molecule has 204 valence electrons. The van der Waals surface area contributed by atoms with Crippen LogP contribution in [0.5, 0.6) is 0 Å². The number of piperidine rings is 1. The highest BCUT2D eigenvalue weighted by Crippen LogP contribution is 2.33. The summed E-state index contributed by atoms with van der Waals surface area (Å²) in [6.07, 6.45) is -2.22. The minimum absolute atomic E-state index is 0.280. The fourth-order valence-corrected chi connectivity index (χ4v) is 3.93. The lowest BCUT2D eigenvalue weighted by atomic mass is 9.95. The molecule has 2 aromatic rings. The molecule has 15 heteroatoms. The Morgan fingerprint density at radius 2 is 1.51 bits per heavy atom. The minimum Gasteiger partial charge on any atom is -0.475 e. The maximum Gasteiger partial charge on any atom is 0.490 e. The molecule has 0 aliphatic carbocycles. The number of nitrogens with zero attached hydrogens (tertiary/aromatic N) is 3. The zero-order chi connectivity index (χ0) is 27.8. The topological polar surface area (TPSA) is 124 Å². The van der Waals surface area contributed by atoms with Crippen molar-refractivity contribution in [1.82, 2.24) is 14.8 Å². The van der Waals surface area contributed by atoms with E-state index in [1.807, 2.05) is 24.3 Å². The number of amides is 1. The second-order valence-electron chi connectivity index (χ2n) is 7.99. The van der Waals surface area contributed by atoms with Gasteiger partial charge in [-0.3, -0.25) is 14.7 Å². The zero-order valence-corrected chi connectivity index (χ0v) is 19.1. The highest BCUT2D eigenvalue weighted by atomic mass is 19.4. The Morgan fingerprint density at radius 3 is 2.00 bits per heavy atom. The van der Waals surface area contributed by atoms with Crippen molar-refractivity contribution in [2.24, 2.45) is 0 Å². The first-order valence-corrected chi connectivity index (χ1v) is 10.7. The van der Waals surface area contributed by atoms with Crippen LogP contribution in [0.15, 0.2) is 47.3 Å². The van der Waals surface area contributed by atoms with E-state index in [2.05, 4.69) is 14.8 Å². The van der Waals surface area contributed by atoms with Gasteiger partial charge in [0.05, 0.1) is 12.8 Å². The van der Waals surface area contributed by atoms with Crippen molar-refractivity contribution < 1.29 is 55.4 Å². The van der Waals surface area contributed by atoms with Gasteiger partial charge in [0.25, 0.3) is 0 Å². The molecule has 2 atom stereocenters. The number of pyridine rings is 1. The summed E-state index contributed by atoms with van der Waals surface area (Å²) in [5.74, 6) is -4.23. The van der Waals surface area contributed by atoms with Gasteiger partial charge in [-0.05, 0) is 42.7 Å². The standard InChI is InChI=1S/C18H21N3O2.2C2HF3O2/c22-18-4-3-16-17(21(18)12-14-5-8-19-9-6-14)7-10-20(16)13-15-2-1-11-23-15;2*3-2(4,5)1(6)7/h1-2,5-6,8-9,11,16-17H,3-4,7,10,12-13H2;2*(H,6,7)/t16-,17-;;/m1../s1. The predicted octanol–water partition coefficient (Wildman–Crippen LogP) is 3.71. The Balaban J connectivity index is 0.000000286. The number of rotatable bonds is 4. The van der Waals surface area contributed by atoms with Crippen molar-refractivity contribution in [1.29, 1.82) is 0 Å². The number of hydrogen-bond acceptors (Lipinski definition) is 6. The molecule has 0 bridgehead atoms. The maximum atomic E-state index is 12.4. The van der Waals surface area contributed by atoms with Crippen molar-refractivity contribution in [3.63, 3.8) is 0 Å². The fourth-order valence-electron chi connectivity index (χ4n) is 3.93. The van der Waals surface area contributed by atoms with Gasteiger partial charge in [-0.25, -0.2) is 9.59 Å². The Hall–Kier alpha value is -3.62. The van der Waals surface area contributed by atoms with Gasteiger partial charge in [0, 0.05) is 44.0 Å². The first-order chi connectivity index (χ1) is 17.2. The predicted molar refractivity (Wildman–Crippen MR) is 113 cm³/mol. The van der Waals surface area contributed by atoms with Crippen LogP contribution >= 0.6 is 0 Å². The van der Waals surface area contributed by atoms with E-state index in [1.165, 1.54) is 0 Å². The normalized spacial score (nSPS) is 19.7. The van der Waals surface area contributed by atoms with Crippen molar-refractivity contribution in [2.75, 3.05) is 6.54 Å². The van der Waals surface area contributed by atoms with Gasteiger partial charge in [0.2, 0.25) is 5.91 Å². The molecule has 2 N–H and O–H groups in total. The van der Waals surface area contributed by atoms with Gasteiger partial charge in [-0.1, -0.05) is 0 Å². The Morgan fingerprint density at radius 1 is 0.946 bits per heavy atom. The molecule has 2 aliphatic rings. The largest absolute Gasteiger partial charge is 0.490 e. The molecule has 4 heterocycles. The lowest BCUT2D eigenvalue weighted by Gasteiger charge is -2.39. The molecule has 0 unspecified atom stereocenters. The molecule has 2 saturated heterocycles. The van der Waals surface area contributed by atoms with E-state index >= 15 is 0 Å². The highest BCUT2D eigenvalue weighted by Gasteiger charge is 2.43. The van der Waals surface area contributed by atoms with Crippen LogP contribution in [0.3, 0.4) is 0 Å². The first kappa shape index (κ1) is 29.6. The number of carbonyl (C=O) groups excluding carboxylic acids is 1. The summed E-state index contributed by atoms with van der Waals surface area (Å²) in [5, 5.41) is 14.2. The van der Waals surface area contributed by atoms with Gasteiger partial charge in [-0.15, -0.1) is 0 Å². The lowest BCUT2D eigenvalue weighted by molar-refractivity contribution is -0.193. The number of likely N-dealkylation sites (tertiary alicyclic amines) is 2. The second-order valence-corrected chi connectivity index (χ2v) is 7.99. The Bertz CT molecular complexity index is 1010. The summed E-state index contributed by atoms with van der Waals surface area (Å²) in [5.41, 5.74) is 1.15. The smallest absolute Gasteiger partial charge is 0.475 e. The van der Waals surface area contributed by atoms with E-state index in [0.717, 1.165) is 37.3 Å². The van der Waals surface area contributed by atoms with Crippen LogP contribution in [0.1, 0.15) is 30.6 Å². The van der Waals surface area contributed by atoms with Crippen LogP contribution < -0.4 is 0 Å². The van der Waals surface area contributed by atoms with Crippen LogP contribution in [0.25, 0.3) is 0 Å². The molecule has 0 radical (unpaired) electrons. The lowest BCUT2D eigenvalue weighted by Crippen LogP contribution is -2.51. The number of furan rings is 1. The van der Waals surface area contributed by atoms with Gasteiger partial charge < -0.3 is 19.5 Å². The van der Waals surface area contributed by atoms with E-state index in [0.29, 0.717) is 25.0 Å². The third-order valence-electron chi connectivity index (χ3n) is 5.53. The Kier molecular flexibility index (Phi) is 10.1. The first-order valence-electron chi connectivity index (χ1n) is 10.7. The summed E-state index contributed by atoms with van der Waals surface area (Å²) in [7, 11) is 0. The molecule has 2 aromatic heterocycles. The number of carbonyl (C=O) groups is 3. The minimum atomic E-state index is -5.08. The summed E-state index contributed by atoms with van der Waals surface area (Å²) in [4.78, 5) is 38.8. The highest BCUT2D eigenvalue weighted by molar-refractivity contribution is 5.77. The van der Waals surface area contributed by atoms with E-state index in [9.17, 15) is 31.1 Å². The Labute approximate surface area is 206 Å². The van der Waals surface area contributed by atoms with Crippen LogP contribution in [-0.4, -0.2) is 73.8 Å². The van der Waals surface area contributed by atoms with Crippen LogP contribution in [-0.2, 0) is 27.5 Å². The van der Waals surface area contributed by atoms with Crippen LogP contribution in [0.4, 0.5) is 26.3 Å². The third kappa shape index (κ3) is 9.08. The number of halogens is 6. The van der Waals surface area contributed by atoms with E-state index in [-0.39, 0.29) is 5.91 Å².